The highest BCUT2D eigenvalue weighted by molar-refractivity contribution is 5.78. The first-order valence-electron chi connectivity index (χ1n) is 10.4. The fraction of sp³-hybridized carbons (Fsp3) is 0.478. The van der Waals surface area contributed by atoms with Crippen LogP contribution in [0.15, 0.2) is 30.5 Å². The Morgan fingerprint density at radius 1 is 1.03 bits per heavy atom. The number of ether oxygens (including phenoxy) is 2. The Hall–Kier alpha value is -2.60. The molecule has 6 nitrogen and oxygen atoms in total. The average Bonchev–Trinajstić information content (AvgIpc) is 3.00. The summed E-state index contributed by atoms with van der Waals surface area (Å²) in [6, 6.07) is 8.44. The first-order chi connectivity index (χ1) is 14.0. The predicted octanol–water partition coefficient (Wildman–Crippen LogP) is 4.49. The number of aryl methyl sites for hydroxylation is 2. The van der Waals surface area contributed by atoms with E-state index in [0.717, 1.165) is 60.7 Å². The number of hydrogen-bond donors (Lipinski definition) is 0. The van der Waals surface area contributed by atoms with Gasteiger partial charge in [-0.25, -0.2) is 4.98 Å². The second-order valence-electron chi connectivity index (χ2n) is 7.47. The van der Waals surface area contributed by atoms with Gasteiger partial charge in [0.05, 0.1) is 19.4 Å². The zero-order valence-corrected chi connectivity index (χ0v) is 18.2. The monoisotopic (exact) mass is 396 g/mol. The zero-order chi connectivity index (χ0) is 20.8. The second-order valence-corrected chi connectivity index (χ2v) is 7.47. The molecule has 1 aromatic carbocycles. The van der Waals surface area contributed by atoms with Crippen LogP contribution in [0, 0.1) is 6.92 Å². The number of fused-ring (bicyclic) bond motifs is 1. The van der Waals surface area contributed by atoms with Crippen molar-refractivity contribution >= 4 is 11.0 Å². The van der Waals surface area contributed by atoms with Crippen molar-refractivity contribution in [3.63, 3.8) is 0 Å². The smallest absolute Gasteiger partial charge is 0.161 e. The quantitative estimate of drug-likeness (QED) is 0.505. The van der Waals surface area contributed by atoms with Crippen LogP contribution in [0.3, 0.4) is 0 Å². The Morgan fingerprint density at radius 3 is 2.55 bits per heavy atom. The van der Waals surface area contributed by atoms with Gasteiger partial charge in [0.15, 0.2) is 17.1 Å². The molecule has 0 atom stereocenters. The van der Waals surface area contributed by atoms with Crippen molar-refractivity contribution in [2.45, 2.75) is 46.7 Å². The summed E-state index contributed by atoms with van der Waals surface area (Å²) in [6.07, 6.45) is 4.04. The van der Waals surface area contributed by atoms with E-state index in [1.54, 1.807) is 7.11 Å². The molecule has 3 aromatic rings. The highest BCUT2D eigenvalue weighted by atomic mass is 16.5. The number of benzene rings is 1. The number of rotatable bonds is 10. The Bertz CT molecular complexity index is 951. The zero-order valence-electron chi connectivity index (χ0n) is 18.2. The minimum atomic E-state index is 0.695. The lowest BCUT2D eigenvalue weighted by Gasteiger charge is -2.22. The van der Waals surface area contributed by atoms with Crippen LogP contribution in [0.2, 0.25) is 0 Å². The topological polar surface area (TPSA) is 52.4 Å². The van der Waals surface area contributed by atoms with Gasteiger partial charge in [0.2, 0.25) is 0 Å². The molecule has 0 fully saturated rings. The van der Waals surface area contributed by atoms with Gasteiger partial charge in [0, 0.05) is 31.7 Å². The lowest BCUT2D eigenvalue weighted by atomic mass is 10.1. The van der Waals surface area contributed by atoms with Gasteiger partial charge in [-0.2, -0.15) is 5.10 Å². The summed E-state index contributed by atoms with van der Waals surface area (Å²) in [4.78, 5) is 7.07. The molecule has 0 aliphatic rings. The molecule has 0 unspecified atom stereocenters. The summed E-state index contributed by atoms with van der Waals surface area (Å²) in [6.45, 7) is 9.75. The molecule has 0 radical (unpaired) electrons. The van der Waals surface area contributed by atoms with Crippen LogP contribution in [0.5, 0.6) is 11.5 Å². The number of nitrogens with zero attached hydrogens (tertiary/aromatic N) is 4. The van der Waals surface area contributed by atoms with Crippen molar-refractivity contribution in [2.24, 2.45) is 7.05 Å². The number of aromatic nitrogens is 3. The molecule has 156 valence electrons. The standard InChI is InChI=1S/C23H32N4O2/c1-6-10-27(15-18-8-9-21(29-11-7-2)22(13-18)28-5)16-19-12-20-17(3)25-26(4)23(20)24-14-19/h8-9,12-14H,6-7,10-11,15-16H2,1-5H3. The highest BCUT2D eigenvalue weighted by Gasteiger charge is 2.12. The largest absolute Gasteiger partial charge is 0.493 e. The fourth-order valence-electron chi connectivity index (χ4n) is 3.63. The molecule has 0 aliphatic heterocycles. The van der Waals surface area contributed by atoms with Crippen molar-refractivity contribution in [1.82, 2.24) is 19.7 Å². The van der Waals surface area contributed by atoms with Crippen LogP contribution in [0.4, 0.5) is 0 Å². The van der Waals surface area contributed by atoms with E-state index in [9.17, 15) is 0 Å². The second kappa shape index (κ2) is 9.74. The van der Waals surface area contributed by atoms with Crippen molar-refractivity contribution in [2.75, 3.05) is 20.3 Å². The van der Waals surface area contributed by atoms with Gasteiger partial charge in [-0.15, -0.1) is 0 Å². The van der Waals surface area contributed by atoms with Gasteiger partial charge in [-0.3, -0.25) is 9.58 Å². The van der Waals surface area contributed by atoms with Crippen molar-refractivity contribution in [1.29, 1.82) is 0 Å². The molecule has 0 aliphatic carbocycles. The van der Waals surface area contributed by atoms with Gasteiger partial charge in [0.25, 0.3) is 0 Å². The van der Waals surface area contributed by atoms with Crippen molar-refractivity contribution in [3.8, 4) is 11.5 Å². The Kier molecular flexibility index (Phi) is 7.09. The molecule has 0 saturated heterocycles. The number of methoxy groups -OCH3 is 1. The third kappa shape index (κ3) is 5.07. The molecule has 6 heteroatoms. The van der Waals surface area contributed by atoms with Crippen LogP contribution >= 0.6 is 0 Å². The van der Waals surface area contributed by atoms with E-state index in [-0.39, 0.29) is 0 Å². The predicted molar refractivity (Wildman–Crippen MR) is 116 cm³/mol. The van der Waals surface area contributed by atoms with Gasteiger partial charge in [-0.05, 0) is 55.6 Å². The van der Waals surface area contributed by atoms with E-state index in [1.807, 2.05) is 30.9 Å². The summed E-state index contributed by atoms with van der Waals surface area (Å²) in [5, 5.41) is 5.60. The molecule has 29 heavy (non-hydrogen) atoms. The molecule has 0 N–H and O–H groups in total. The first-order valence-corrected chi connectivity index (χ1v) is 10.4. The lowest BCUT2D eigenvalue weighted by Crippen LogP contribution is -2.23. The van der Waals surface area contributed by atoms with Gasteiger partial charge in [0.1, 0.15) is 0 Å². The highest BCUT2D eigenvalue weighted by Crippen LogP contribution is 2.29. The number of hydrogen-bond acceptors (Lipinski definition) is 5. The Balaban J connectivity index is 1.77. The molecule has 0 spiro atoms. The molecule has 2 heterocycles. The van der Waals surface area contributed by atoms with Crippen molar-refractivity contribution < 1.29 is 9.47 Å². The maximum atomic E-state index is 5.78. The molecule has 2 aromatic heterocycles. The van der Waals surface area contributed by atoms with Crippen LogP contribution < -0.4 is 9.47 Å². The molecular weight excluding hydrogens is 364 g/mol. The third-order valence-corrected chi connectivity index (χ3v) is 4.96. The van der Waals surface area contributed by atoms with E-state index < -0.39 is 0 Å². The van der Waals surface area contributed by atoms with Crippen LogP contribution in [0.1, 0.15) is 43.5 Å². The summed E-state index contributed by atoms with van der Waals surface area (Å²) in [7, 11) is 3.63. The summed E-state index contributed by atoms with van der Waals surface area (Å²) >= 11 is 0. The molecule has 0 amide bonds. The van der Waals surface area contributed by atoms with Gasteiger partial charge >= 0.3 is 0 Å². The first kappa shape index (κ1) is 21.1. The van der Waals surface area contributed by atoms with E-state index in [0.29, 0.717) is 6.61 Å². The van der Waals surface area contributed by atoms with Crippen LogP contribution in [-0.2, 0) is 20.1 Å². The minimum absolute atomic E-state index is 0.695. The van der Waals surface area contributed by atoms with Gasteiger partial charge in [-0.1, -0.05) is 19.9 Å². The fourth-order valence-corrected chi connectivity index (χ4v) is 3.63. The maximum Gasteiger partial charge on any atom is 0.161 e. The molecule has 3 rings (SSSR count). The average molecular weight is 397 g/mol. The van der Waals surface area contributed by atoms with Crippen LogP contribution in [-0.4, -0.2) is 39.9 Å². The Labute approximate surface area is 173 Å². The third-order valence-electron chi connectivity index (χ3n) is 4.96. The summed E-state index contributed by atoms with van der Waals surface area (Å²) < 4.78 is 13.2. The van der Waals surface area contributed by atoms with E-state index in [1.165, 1.54) is 11.1 Å². The SMILES string of the molecule is CCCOc1ccc(CN(CCC)Cc2cnc3c(c2)c(C)nn3C)cc1OC. The summed E-state index contributed by atoms with van der Waals surface area (Å²) in [5.74, 6) is 1.60. The molecule has 0 bridgehead atoms. The molecule has 0 saturated carbocycles. The minimum Gasteiger partial charge on any atom is -0.493 e. The normalized spacial score (nSPS) is 11.4. The van der Waals surface area contributed by atoms with E-state index in [4.69, 9.17) is 9.47 Å². The van der Waals surface area contributed by atoms with Gasteiger partial charge < -0.3 is 9.47 Å². The Morgan fingerprint density at radius 2 is 1.83 bits per heavy atom. The number of pyridine rings is 1. The maximum absolute atomic E-state index is 5.78. The van der Waals surface area contributed by atoms with E-state index in [2.05, 4.69) is 47.0 Å². The van der Waals surface area contributed by atoms with E-state index >= 15 is 0 Å². The molecular formula is C23H32N4O2. The van der Waals surface area contributed by atoms with Crippen LogP contribution in [0.25, 0.3) is 11.0 Å². The lowest BCUT2D eigenvalue weighted by molar-refractivity contribution is 0.256. The summed E-state index contributed by atoms with van der Waals surface area (Å²) in [5.41, 5.74) is 4.37. The van der Waals surface area contributed by atoms with Crippen molar-refractivity contribution in [3.05, 3.63) is 47.3 Å².